The molecule has 0 bridgehead atoms. The highest BCUT2D eigenvalue weighted by Crippen LogP contribution is 2.38. The van der Waals surface area contributed by atoms with Crippen LogP contribution in [0.5, 0.6) is 0 Å². The Morgan fingerprint density at radius 3 is 2.57 bits per heavy atom. The first kappa shape index (κ1) is 23.2. The second kappa shape index (κ2) is 8.34. The monoisotopic (exact) mass is 446 g/mol. The molecule has 2 atom stereocenters. The fourth-order valence-corrected chi connectivity index (χ4v) is 3.23. The molecule has 162 valence electrons. The Kier molecular flexibility index (Phi) is 6.45. The van der Waals surface area contributed by atoms with E-state index >= 15 is 0 Å². The summed E-state index contributed by atoms with van der Waals surface area (Å²) in [6, 6.07) is 0.209. The molecule has 1 aromatic heterocycles. The molecule has 0 saturated carbocycles. The van der Waals surface area contributed by atoms with E-state index in [-0.39, 0.29) is 22.9 Å². The number of halogens is 4. The SMILES string of the molecule is C=CCNC(=O)CC1(C(=O)[O-])C=C(n2c(=O)cc(C(F)(F)F)n(C)c2=O)C=CC1Cl. The average molecular weight is 447 g/mol. The van der Waals surface area contributed by atoms with E-state index in [1.54, 1.807) is 0 Å². The van der Waals surface area contributed by atoms with Crippen LogP contribution in [0.25, 0.3) is 5.70 Å². The van der Waals surface area contributed by atoms with E-state index in [0.717, 1.165) is 25.3 Å². The van der Waals surface area contributed by atoms with Crippen molar-refractivity contribution in [3.05, 3.63) is 63.5 Å². The number of aromatic nitrogens is 2. The minimum absolute atomic E-state index is 0.0419. The fraction of sp³-hybridized carbons (Fsp3) is 0.333. The number of carboxylic acid groups (broad SMARTS) is 1. The molecule has 1 N–H and O–H groups in total. The molecule has 2 unspecified atom stereocenters. The van der Waals surface area contributed by atoms with E-state index in [9.17, 15) is 37.5 Å². The third kappa shape index (κ3) is 4.25. The Morgan fingerprint density at radius 2 is 2.03 bits per heavy atom. The van der Waals surface area contributed by atoms with Gasteiger partial charge in [-0.05, 0) is 12.2 Å². The lowest BCUT2D eigenvalue weighted by Gasteiger charge is -2.37. The molecular formula is C18H16ClF3N3O5-. The lowest BCUT2D eigenvalue weighted by molar-refractivity contribution is -0.316. The third-order valence-corrected chi connectivity index (χ3v) is 5.01. The van der Waals surface area contributed by atoms with Gasteiger partial charge in [0.2, 0.25) is 5.91 Å². The number of alkyl halides is 4. The first-order valence-electron chi connectivity index (χ1n) is 8.40. The standard InChI is InChI=1S/C18H17ClF3N3O5/c1-3-6-23-13(26)9-17(15(28)29)8-10(4-5-11(17)19)25-14(27)7-12(18(20,21)22)24(2)16(25)30/h3-5,7-8,11H,1,6,9H2,2H3,(H,23,26)(H,28,29)/p-1. The zero-order valence-electron chi connectivity index (χ0n) is 15.5. The molecule has 0 aliphatic heterocycles. The van der Waals surface area contributed by atoms with Crippen molar-refractivity contribution in [2.45, 2.75) is 18.0 Å². The molecule has 30 heavy (non-hydrogen) atoms. The maximum atomic E-state index is 13.0. The number of nitrogens with zero attached hydrogens (tertiary/aromatic N) is 2. The molecule has 0 spiro atoms. The summed E-state index contributed by atoms with van der Waals surface area (Å²) >= 11 is 6.09. The van der Waals surface area contributed by atoms with Gasteiger partial charge in [0, 0.05) is 26.1 Å². The summed E-state index contributed by atoms with van der Waals surface area (Å²) in [4.78, 5) is 48.7. The molecule has 1 amide bonds. The van der Waals surface area contributed by atoms with Crippen molar-refractivity contribution in [1.82, 2.24) is 14.5 Å². The van der Waals surface area contributed by atoms with Crippen molar-refractivity contribution in [3.63, 3.8) is 0 Å². The lowest BCUT2D eigenvalue weighted by Crippen LogP contribution is -2.51. The van der Waals surface area contributed by atoms with Crippen molar-refractivity contribution >= 4 is 29.2 Å². The molecule has 8 nitrogen and oxygen atoms in total. The first-order chi connectivity index (χ1) is 13.8. The summed E-state index contributed by atoms with van der Waals surface area (Å²) in [5.74, 6) is -2.50. The Balaban J connectivity index is 2.66. The minimum atomic E-state index is -4.96. The molecule has 0 saturated heterocycles. The Bertz CT molecular complexity index is 1070. The molecule has 0 radical (unpaired) electrons. The van der Waals surface area contributed by atoms with Gasteiger partial charge in [-0.2, -0.15) is 13.2 Å². The predicted octanol–water partition coefficient (Wildman–Crippen LogP) is 0.0125. The van der Waals surface area contributed by atoms with Crippen LogP contribution in [-0.4, -0.2) is 32.9 Å². The van der Waals surface area contributed by atoms with Crippen LogP contribution in [0.1, 0.15) is 12.1 Å². The van der Waals surface area contributed by atoms with Gasteiger partial charge in [-0.3, -0.25) is 14.2 Å². The van der Waals surface area contributed by atoms with Crippen LogP contribution in [0.15, 0.2) is 46.5 Å². The molecule has 12 heteroatoms. The highest BCUT2D eigenvalue weighted by atomic mass is 35.5. The number of nitrogens with one attached hydrogen (secondary N) is 1. The van der Waals surface area contributed by atoms with E-state index in [2.05, 4.69) is 11.9 Å². The highest BCUT2D eigenvalue weighted by molar-refractivity contribution is 6.24. The highest BCUT2D eigenvalue weighted by Gasteiger charge is 2.41. The van der Waals surface area contributed by atoms with Gasteiger partial charge >= 0.3 is 11.9 Å². The summed E-state index contributed by atoms with van der Waals surface area (Å²) in [5.41, 5.74) is -6.68. The number of carboxylic acids is 1. The van der Waals surface area contributed by atoms with Gasteiger partial charge in [0.05, 0.1) is 22.5 Å². The molecule has 1 aliphatic carbocycles. The van der Waals surface area contributed by atoms with Gasteiger partial charge < -0.3 is 15.2 Å². The number of aliphatic carboxylic acids is 1. The number of hydrogen-bond donors (Lipinski definition) is 1. The van der Waals surface area contributed by atoms with E-state index in [4.69, 9.17) is 11.6 Å². The van der Waals surface area contributed by atoms with Crippen molar-refractivity contribution in [2.75, 3.05) is 6.54 Å². The smallest absolute Gasteiger partial charge is 0.431 e. The molecule has 2 rings (SSSR count). The van der Waals surface area contributed by atoms with E-state index in [0.29, 0.717) is 4.57 Å². The van der Waals surface area contributed by atoms with Gasteiger partial charge in [-0.25, -0.2) is 9.36 Å². The normalized spacial score (nSPS) is 21.1. The second-order valence-corrected chi connectivity index (χ2v) is 6.94. The summed E-state index contributed by atoms with van der Waals surface area (Å²) < 4.78 is 39.6. The lowest BCUT2D eigenvalue weighted by atomic mass is 9.77. The maximum Gasteiger partial charge on any atom is 0.431 e. The quantitative estimate of drug-likeness (QED) is 0.488. The molecular weight excluding hydrogens is 431 g/mol. The summed E-state index contributed by atoms with van der Waals surface area (Å²) in [7, 11) is 0.813. The van der Waals surface area contributed by atoms with Gasteiger partial charge in [-0.15, -0.1) is 18.2 Å². The van der Waals surface area contributed by atoms with Gasteiger partial charge in [0.15, 0.2) is 0 Å². The number of amides is 1. The number of rotatable bonds is 6. The van der Waals surface area contributed by atoms with Crippen molar-refractivity contribution < 1.29 is 27.9 Å². The van der Waals surface area contributed by atoms with Gasteiger partial charge in [0.1, 0.15) is 5.69 Å². The van der Waals surface area contributed by atoms with Crippen molar-refractivity contribution in [1.29, 1.82) is 0 Å². The first-order valence-corrected chi connectivity index (χ1v) is 8.83. The molecule has 0 fully saturated rings. The fourth-order valence-electron chi connectivity index (χ4n) is 2.93. The topological polar surface area (TPSA) is 113 Å². The summed E-state index contributed by atoms with van der Waals surface area (Å²) in [5, 5.41) is 13.0. The Labute approximate surface area is 172 Å². The van der Waals surface area contributed by atoms with Crippen LogP contribution in [0, 0.1) is 5.41 Å². The van der Waals surface area contributed by atoms with Gasteiger partial charge in [-0.1, -0.05) is 12.2 Å². The molecule has 1 aliphatic rings. The van der Waals surface area contributed by atoms with E-state index in [1.807, 2.05) is 0 Å². The average Bonchev–Trinajstić information content (AvgIpc) is 2.64. The van der Waals surface area contributed by atoms with Crippen LogP contribution in [-0.2, 0) is 22.8 Å². The van der Waals surface area contributed by atoms with Crippen LogP contribution >= 0.6 is 11.6 Å². The van der Waals surface area contributed by atoms with Crippen LogP contribution in [0.3, 0.4) is 0 Å². The Morgan fingerprint density at radius 1 is 1.40 bits per heavy atom. The second-order valence-electron chi connectivity index (χ2n) is 6.47. The third-order valence-electron chi connectivity index (χ3n) is 4.48. The minimum Gasteiger partial charge on any atom is -0.549 e. The van der Waals surface area contributed by atoms with Crippen LogP contribution < -0.4 is 21.7 Å². The van der Waals surface area contributed by atoms with E-state index in [1.165, 1.54) is 6.08 Å². The zero-order chi connectivity index (χ0) is 22.9. The molecule has 1 heterocycles. The van der Waals surface area contributed by atoms with Crippen LogP contribution in [0.2, 0.25) is 0 Å². The Hall–Kier alpha value is -3.08. The largest absolute Gasteiger partial charge is 0.549 e. The van der Waals surface area contributed by atoms with Crippen molar-refractivity contribution in [3.8, 4) is 0 Å². The molecule has 0 aromatic carbocycles. The van der Waals surface area contributed by atoms with Crippen LogP contribution in [0.4, 0.5) is 13.2 Å². The van der Waals surface area contributed by atoms with Gasteiger partial charge in [0.25, 0.3) is 5.56 Å². The maximum absolute atomic E-state index is 13.0. The van der Waals surface area contributed by atoms with E-state index < -0.39 is 52.2 Å². The number of allylic oxidation sites excluding steroid dienone is 3. The molecule has 1 aromatic rings. The summed E-state index contributed by atoms with van der Waals surface area (Å²) in [6.45, 7) is 3.44. The number of carbonyl (C=O) groups is 2. The van der Waals surface area contributed by atoms with Crippen molar-refractivity contribution in [2.24, 2.45) is 12.5 Å². The predicted molar refractivity (Wildman–Crippen MR) is 99.3 cm³/mol. The summed E-state index contributed by atoms with van der Waals surface area (Å²) in [6.07, 6.45) is -1.23. The number of carbonyl (C=O) groups excluding carboxylic acids is 2. The number of hydrogen-bond acceptors (Lipinski definition) is 5. The zero-order valence-corrected chi connectivity index (χ0v) is 16.3.